The second kappa shape index (κ2) is 4.08. The summed E-state index contributed by atoms with van der Waals surface area (Å²) in [6.45, 7) is 6.80. The van der Waals surface area contributed by atoms with E-state index in [2.05, 4.69) is 31.3 Å². The number of fused-ring (bicyclic) bond motifs is 1. The van der Waals surface area contributed by atoms with E-state index in [1.165, 1.54) is 6.42 Å². The molecule has 1 fully saturated rings. The summed E-state index contributed by atoms with van der Waals surface area (Å²) >= 11 is 6.11. The summed E-state index contributed by atoms with van der Waals surface area (Å²) < 4.78 is 0. The van der Waals surface area contributed by atoms with Crippen LogP contribution in [-0.4, -0.2) is 13.1 Å². The first-order valence-electron chi connectivity index (χ1n) is 5.48. The Labute approximate surface area is 91.2 Å². The molecule has 0 radical (unpaired) electrons. The molecule has 0 aromatic heterocycles. The van der Waals surface area contributed by atoms with Crippen LogP contribution in [0.2, 0.25) is 0 Å². The van der Waals surface area contributed by atoms with Crippen molar-refractivity contribution in [2.24, 2.45) is 17.8 Å². The van der Waals surface area contributed by atoms with E-state index >= 15 is 0 Å². The summed E-state index contributed by atoms with van der Waals surface area (Å²) in [6, 6.07) is 0. The highest BCUT2D eigenvalue weighted by atomic mass is 35.5. The van der Waals surface area contributed by atoms with E-state index in [1.54, 1.807) is 5.57 Å². The highest BCUT2D eigenvalue weighted by Crippen LogP contribution is 2.37. The van der Waals surface area contributed by atoms with Crippen molar-refractivity contribution in [3.05, 3.63) is 22.8 Å². The minimum Gasteiger partial charge on any atom is -0.316 e. The molecule has 0 aromatic carbocycles. The summed E-state index contributed by atoms with van der Waals surface area (Å²) in [7, 11) is 0. The third-order valence-corrected chi connectivity index (χ3v) is 3.68. The quantitative estimate of drug-likeness (QED) is 0.650. The summed E-state index contributed by atoms with van der Waals surface area (Å²) in [6.07, 6.45) is 5.62. The maximum atomic E-state index is 6.11. The topological polar surface area (TPSA) is 12.0 Å². The molecule has 1 nitrogen and oxygen atoms in total. The summed E-state index contributed by atoms with van der Waals surface area (Å²) in [4.78, 5) is 0. The maximum Gasteiger partial charge on any atom is 0.0368 e. The van der Waals surface area contributed by atoms with Crippen LogP contribution in [0.15, 0.2) is 22.8 Å². The predicted molar refractivity (Wildman–Crippen MR) is 61.3 cm³/mol. The van der Waals surface area contributed by atoms with Crippen molar-refractivity contribution in [3.63, 3.8) is 0 Å². The average Bonchev–Trinajstić information content (AvgIpc) is 2.29. The smallest absolute Gasteiger partial charge is 0.0368 e. The van der Waals surface area contributed by atoms with Gasteiger partial charge in [-0.15, -0.1) is 0 Å². The molecule has 1 aliphatic heterocycles. The first kappa shape index (κ1) is 10.3. The molecule has 1 saturated heterocycles. The van der Waals surface area contributed by atoms with E-state index in [-0.39, 0.29) is 0 Å². The van der Waals surface area contributed by atoms with Crippen molar-refractivity contribution < 1.29 is 0 Å². The molecular weight excluding hydrogens is 194 g/mol. The fraction of sp³-hybridized carbons (Fsp3) is 0.667. The normalized spacial score (nSPS) is 38.1. The van der Waals surface area contributed by atoms with Gasteiger partial charge in [0.25, 0.3) is 0 Å². The van der Waals surface area contributed by atoms with Gasteiger partial charge in [0, 0.05) is 11.6 Å². The van der Waals surface area contributed by atoms with E-state index < -0.39 is 0 Å². The van der Waals surface area contributed by atoms with E-state index in [0.29, 0.717) is 17.8 Å². The SMILES string of the molecule is CC1C=C(Cl)C=C2C1CCNC[C@@H]2C. The number of allylic oxidation sites excluding steroid dienone is 3. The molecule has 0 spiro atoms. The zero-order valence-electron chi connectivity index (χ0n) is 8.89. The number of hydrogen-bond acceptors (Lipinski definition) is 1. The lowest BCUT2D eigenvalue weighted by Gasteiger charge is -2.29. The molecular formula is C12H18ClN. The second-order valence-corrected chi connectivity index (χ2v) is 4.99. The second-order valence-electron chi connectivity index (χ2n) is 4.56. The molecule has 2 aliphatic rings. The summed E-state index contributed by atoms with van der Waals surface area (Å²) in [5, 5.41) is 4.41. The fourth-order valence-electron chi connectivity index (χ4n) is 2.62. The number of halogens is 1. The van der Waals surface area contributed by atoms with Crippen LogP contribution in [0.4, 0.5) is 0 Å². The van der Waals surface area contributed by atoms with Crippen molar-refractivity contribution in [2.75, 3.05) is 13.1 Å². The third kappa shape index (κ3) is 1.89. The van der Waals surface area contributed by atoms with Crippen molar-refractivity contribution in [2.45, 2.75) is 20.3 Å². The molecule has 1 N–H and O–H groups in total. The molecule has 0 saturated carbocycles. The van der Waals surface area contributed by atoms with Gasteiger partial charge in [0.1, 0.15) is 0 Å². The molecule has 0 bridgehead atoms. The fourth-order valence-corrected chi connectivity index (χ4v) is 2.94. The van der Waals surface area contributed by atoms with Crippen LogP contribution >= 0.6 is 11.6 Å². The van der Waals surface area contributed by atoms with E-state index in [1.807, 2.05) is 0 Å². The minimum atomic E-state index is 0.602. The van der Waals surface area contributed by atoms with Gasteiger partial charge < -0.3 is 5.32 Å². The van der Waals surface area contributed by atoms with Crippen LogP contribution in [-0.2, 0) is 0 Å². The lowest BCUT2D eigenvalue weighted by molar-refractivity contribution is 0.435. The molecule has 78 valence electrons. The number of hydrogen-bond donors (Lipinski definition) is 1. The molecule has 1 heterocycles. The molecule has 0 aromatic rings. The average molecular weight is 212 g/mol. The molecule has 14 heavy (non-hydrogen) atoms. The van der Waals surface area contributed by atoms with Gasteiger partial charge in [-0.05, 0) is 36.8 Å². The Morgan fingerprint density at radius 2 is 2.21 bits per heavy atom. The zero-order chi connectivity index (χ0) is 10.1. The van der Waals surface area contributed by atoms with Gasteiger partial charge in [0.2, 0.25) is 0 Å². The Balaban J connectivity index is 2.29. The first-order chi connectivity index (χ1) is 6.68. The van der Waals surface area contributed by atoms with Gasteiger partial charge in [0.15, 0.2) is 0 Å². The van der Waals surface area contributed by atoms with Gasteiger partial charge in [-0.25, -0.2) is 0 Å². The minimum absolute atomic E-state index is 0.602. The Bertz CT molecular complexity index is 280. The Kier molecular flexibility index (Phi) is 2.99. The monoisotopic (exact) mass is 211 g/mol. The van der Waals surface area contributed by atoms with Gasteiger partial charge in [0.05, 0.1) is 0 Å². The van der Waals surface area contributed by atoms with Gasteiger partial charge in [-0.3, -0.25) is 0 Å². The Morgan fingerprint density at radius 3 is 3.00 bits per heavy atom. The lowest BCUT2D eigenvalue weighted by atomic mass is 9.77. The van der Waals surface area contributed by atoms with Crippen LogP contribution in [0.3, 0.4) is 0 Å². The zero-order valence-corrected chi connectivity index (χ0v) is 9.64. The first-order valence-corrected chi connectivity index (χ1v) is 5.86. The van der Waals surface area contributed by atoms with Crippen LogP contribution in [0.1, 0.15) is 20.3 Å². The third-order valence-electron chi connectivity index (χ3n) is 3.44. The maximum absolute atomic E-state index is 6.11. The molecule has 1 aliphatic carbocycles. The standard InChI is InChI=1S/C12H18ClN/c1-8-5-10(13)6-12-9(2)7-14-4-3-11(8)12/h5-6,8-9,11,14H,3-4,7H2,1-2H3/t8?,9-,11?/m0/s1. The van der Waals surface area contributed by atoms with E-state index in [4.69, 9.17) is 11.6 Å². The van der Waals surface area contributed by atoms with E-state index in [9.17, 15) is 0 Å². The Morgan fingerprint density at radius 1 is 1.43 bits per heavy atom. The molecule has 2 unspecified atom stereocenters. The predicted octanol–water partition coefficient (Wildman–Crippen LogP) is 2.93. The van der Waals surface area contributed by atoms with Crippen molar-refractivity contribution in [1.82, 2.24) is 5.32 Å². The van der Waals surface area contributed by atoms with Crippen molar-refractivity contribution >= 4 is 11.6 Å². The molecule has 2 heteroatoms. The number of rotatable bonds is 0. The Hall–Kier alpha value is -0.270. The van der Waals surface area contributed by atoms with Gasteiger partial charge >= 0.3 is 0 Å². The van der Waals surface area contributed by atoms with Gasteiger partial charge in [-0.1, -0.05) is 37.1 Å². The highest BCUT2D eigenvalue weighted by molar-refractivity contribution is 6.31. The largest absolute Gasteiger partial charge is 0.316 e. The lowest BCUT2D eigenvalue weighted by Crippen LogP contribution is -2.20. The number of nitrogens with one attached hydrogen (secondary N) is 1. The molecule has 3 atom stereocenters. The van der Waals surface area contributed by atoms with Crippen LogP contribution in [0.25, 0.3) is 0 Å². The van der Waals surface area contributed by atoms with Crippen LogP contribution in [0, 0.1) is 17.8 Å². The van der Waals surface area contributed by atoms with Gasteiger partial charge in [-0.2, -0.15) is 0 Å². The van der Waals surface area contributed by atoms with Crippen molar-refractivity contribution in [3.8, 4) is 0 Å². The van der Waals surface area contributed by atoms with Crippen LogP contribution in [0.5, 0.6) is 0 Å². The van der Waals surface area contributed by atoms with Crippen molar-refractivity contribution in [1.29, 1.82) is 0 Å². The summed E-state index contributed by atoms with van der Waals surface area (Å²) in [5.41, 5.74) is 1.55. The highest BCUT2D eigenvalue weighted by Gasteiger charge is 2.28. The molecule has 0 amide bonds. The molecule has 2 rings (SSSR count). The van der Waals surface area contributed by atoms with Crippen LogP contribution < -0.4 is 5.32 Å². The summed E-state index contributed by atoms with van der Waals surface area (Å²) in [5.74, 6) is 1.94. The van der Waals surface area contributed by atoms with E-state index in [0.717, 1.165) is 18.1 Å².